The van der Waals surface area contributed by atoms with Gasteiger partial charge in [-0.05, 0) is 39.9 Å². The Balaban J connectivity index is 2.25. The van der Waals surface area contributed by atoms with E-state index in [1.54, 1.807) is 6.20 Å². The van der Waals surface area contributed by atoms with Crippen molar-refractivity contribution in [1.29, 1.82) is 0 Å². The minimum absolute atomic E-state index is 0.652. The molecular weight excluding hydrogens is 242 g/mol. The molecular formula is C11H16BrNO. The summed E-state index contributed by atoms with van der Waals surface area (Å²) >= 11 is 3.38. The van der Waals surface area contributed by atoms with Crippen molar-refractivity contribution in [3.05, 3.63) is 28.5 Å². The van der Waals surface area contributed by atoms with Crippen LogP contribution in [0.1, 0.15) is 25.8 Å². The molecule has 0 fully saturated rings. The van der Waals surface area contributed by atoms with Crippen LogP contribution in [-0.2, 0) is 11.3 Å². The van der Waals surface area contributed by atoms with Crippen molar-refractivity contribution >= 4 is 15.9 Å². The van der Waals surface area contributed by atoms with Gasteiger partial charge in [0.25, 0.3) is 0 Å². The lowest BCUT2D eigenvalue weighted by Gasteiger charge is -2.06. The Labute approximate surface area is 93.8 Å². The molecule has 0 radical (unpaired) electrons. The van der Waals surface area contributed by atoms with E-state index in [1.807, 2.05) is 12.3 Å². The second-order valence-corrected chi connectivity index (χ2v) is 4.66. The van der Waals surface area contributed by atoms with Crippen LogP contribution in [0.5, 0.6) is 0 Å². The number of hydrogen-bond acceptors (Lipinski definition) is 2. The third-order valence-corrected chi connectivity index (χ3v) is 2.30. The van der Waals surface area contributed by atoms with Gasteiger partial charge in [-0.3, -0.25) is 4.98 Å². The molecule has 0 saturated heterocycles. The molecule has 1 heterocycles. The SMILES string of the molecule is CC(C)CCOCc1cncc(Br)c1. The van der Waals surface area contributed by atoms with Gasteiger partial charge in [0.15, 0.2) is 0 Å². The van der Waals surface area contributed by atoms with E-state index < -0.39 is 0 Å². The lowest BCUT2D eigenvalue weighted by atomic mass is 10.1. The molecule has 14 heavy (non-hydrogen) atoms. The van der Waals surface area contributed by atoms with Crippen molar-refractivity contribution in [3.8, 4) is 0 Å². The Bertz CT molecular complexity index is 276. The molecule has 1 rings (SSSR count). The topological polar surface area (TPSA) is 22.1 Å². The maximum absolute atomic E-state index is 5.52. The molecule has 0 unspecified atom stereocenters. The van der Waals surface area contributed by atoms with Gasteiger partial charge in [0.1, 0.15) is 0 Å². The molecule has 3 heteroatoms. The van der Waals surface area contributed by atoms with E-state index in [0.717, 1.165) is 23.1 Å². The monoisotopic (exact) mass is 257 g/mol. The van der Waals surface area contributed by atoms with Crippen LogP contribution in [0.2, 0.25) is 0 Å². The van der Waals surface area contributed by atoms with Crippen LogP contribution in [0.15, 0.2) is 22.9 Å². The average Bonchev–Trinajstić information content (AvgIpc) is 2.12. The van der Waals surface area contributed by atoms with E-state index >= 15 is 0 Å². The van der Waals surface area contributed by atoms with Gasteiger partial charge in [0.05, 0.1) is 6.61 Å². The molecule has 0 amide bonds. The zero-order valence-electron chi connectivity index (χ0n) is 8.66. The fourth-order valence-electron chi connectivity index (χ4n) is 1.04. The second-order valence-electron chi connectivity index (χ2n) is 3.75. The Hall–Kier alpha value is -0.410. The van der Waals surface area contributed by atoms with E-state index in [4.69, 9.17) is 4.74 Å². The highest BCUT2D eigenvalue weighted by Gasteiger charge is 1.97. The van der Waals surface area contributed by atoms with Crippen LogP contribution >= 0.6 is 15.9 Å². The van der Waals surface area contributed by atoms with Crippen LogP contribution in [0.3, 0.4) is 0 Å². The van der Waals surface area contributed by atoms with Crippen molar-refractivity contribution in [2.45, 2.75) is 26.9 Å². The summed E-state index contributed by atoms with van der Waals surface area (Å²) in [5.41, 5.74) is 1.11. The lowest BCUT2D eigenvalue weighted by molar-refractivity contribution is 0.110. The summed E-state index contributed by atoms with van der Waals surface area (Å²) in [5, 5.41) is 0. The van der Waals surface area contributed by atoms with Gasteiger partial charge in [-0.15, -0.1) is 0 Å². The molecule has 2 nitrogen and oxygen atoms in total. The average molecular weight is 258 g/mol. The smallest absolute Gasteiger partial charge is 0.0732 e. The first-order valence-electron chi connectivity index (χ1n) is 4.85. The summed E-state index contributed by atoms with van der Waals surface area (Å²) in [4.78, 5) is 4.07. The van der Waals surface area contributed by atoms with E-state index in [9.17, 15) is 0 Å². The molecule has 78 valence electrons. The molecule has 0 saturated carbocycles. The van der Waals surface area contributed by atoms with Gasteiger partial charge in [0, 0.05) is 23.5 Å². The maximum Gasteiger partial charge on any atom is 0.0732 e. The molecule has 1 aromatic rings. The summed E-state index contributed by atoms with van der Waals surface area (Å²) in [5.74, 6) is 0.704. The van der Waals surface area contributed by atoms with Crippen molar-refractivity contribution < 1.29 is 4.74 Å². The molecule has 0 spiro atoms. The zero-order chi connectivity index (χ0) is 10.4. The van der Waals surface area contributed by atoms with Gasteiger partial charge in [-0.25, -0.2) is 0 Å². The first kappa shape index (κ1) is 11.7. The van der Waals surface area contributed by atoms with Crippen LogP contribution in [0, 0.1) is 5.92 Å². The Morgan fingerprint density at radius 2 is 2.21 bits per heavy atom. The summed E-state index contributed by atoms with van der Waals surface area (Å²) < 4.78 is 6.53. The third kappa shape index (κ3) is 4.72. The number of hydrogen-bond donors (Lipinski definition) is 0. The first-order valence-corrected chi connectivity index (χ1v) is 5.65. The number of nitrogens with zero attached hydrogens (tertiary/aromatic N) is 1. The van der Waals surface area contributed by atoms with Crippen LogP contribution in [0.4, 0.5) is 0 Å². The number of pyridine rings is 1. The third-order valence-electron chi connectivity index (χ3n) is 1.87. The quantitative estimate of drug-likeness (QED) is 0.755. The number of halogens is 1. The predicted octanol–water partition coefficient (Wildman–Crippen LogP) is 3.41. The molecule has 0 aromatic carbocycles. The highest BCUT2D eigenvalue weighted by molar-refractivity contribution is 9.10. The summed E-state index contributed by atoms with van der Waals surface area (Å²) in [7, 11) is 0. The highest BCUT2D eigenvalue weighted by atomic mass is 79.9. The van der Waals surface area contributed by atoms with Crippen LogP contribution in [0.25, 0.3) is 0 Å². The van der Waals surface area contributed by atoms with Gasteiger partial charge in [0.2, 0.25) is 0 Å². The normalized spacial score (nSPS) is 10.9. The Kier molecular flexibility index (Phi) is 5.12. The molecule has 0 bridgehead atoms. The number of aromatic nitrogens is 1. The summed E-state index contributed by atoms with van der Waals surface area (Å²) in [6, 6.07) is 2.03. The van der Waals surface area contributed by atoms with Crippen molar-refractivity contribution in [3.63, 3.8) is 0 Å². The van der Waals surface area contributed by atoms with Crippen molar-refractivity contribution in [2.24, 2.45) is 5.92 Å². The lowest BCUT2D eigenvalue weighted by Crippen LogP contribution is -1.99. The molecule has 0 N–H and O–H groups in total. The molecule has 0 aliphatic carbocycles. The number of ether oxygens (including phenoxy) is 1. The molecule has 0 aliphatic heterocycles. The standard InChI is InChI=1S/C11H16BrNO/c1-9(2)3-4-14-8-10-5-11(12)7-13-6-10/h5-7,9H,3-4,8H2,1-2H3. The fourth-order valence-corrected chi connectivity index (χ4v) is 1.46. The van der Waals surface area contributed by atoms with Crippen LogP contribution < -0.4 is 0 Å². The Morgan fingerprint density at radius 3 is 2.86 bits per heavy atom. The highest BCUT2D eigenvalue weighted by Crippen LogP contribution is 2.10. The van der Waals surface area contributed by atoms with E-state index in [2.05, 4.69) is 34.8 Å². The maximum atomic E-state index is 5.52. The molecule has 0 aliphatic rings. The molecule has 0 atom stereocenters. The van der Waals surface area contributed by atoms with Crippen LogP contribution in [-0.4, -0.2) is 11.6 Å². The van der Waals surface area contributed by atoms with E-state index in [-0.39, 0.29) is 0 Å². The van der Waals surface area contributed by atoms with Gasteiger partial charge in [-0.1, -0.05) is 13.8 Å². The second kappa shape index (κ2) is 6.14. The Morgan fingerprint density at radius 1 is 1.43 bits per heavy atom. The van der Waals surface area contributed by atoms with Crippen molar-refractivity contribution in [1.82, 2.24) is 4.98 Å². The minimum atomic E-state index is 0.652. The summed E-state index contributed by atoms with van der Waals surface area (Å²) in [6.45, 7) is 5.87. The van der Waals surface area contributed by atoms with Gasteiger partial charge in [-0.2, -0.15) is 0 Å². The van der Waals surface area contributed by atoms with E-state index in [1.165, 1.54) is 0 Å². The largest absolute Gasteiger partial charge is 0.377 e. The summed E-state index contributed by atoms with van der Waals surface area (Å²) in [6.07, 6.45) is 4.72. The fraction of sp³-hybridized carbons (Fsp3) is 0.545. The van der Waals surface area contributed by atoms with Gasteiger partial charge >= 0.3 is 0 Å². The van der Waals surface area contributed by atoms with Gasteiger partial charge < -0.3 is 4.74 Å². The number of rotatable bonds is 5. The van der Waals surface area contributed by atoms with Crippen molar-refractivity contribution in [2.75, 3.05) is 6.61 Å². The van der Waals surface area contributed by atoms with E-state index in [0.29, 0.717) is 12.5 Å². The zero-order valence-corrected chi connectivity index (χ0v) is 10.3. The predicted molar refractivity (Wildman–Crippen MR) is 61.0 cm³/mol. The minimum Gasteiger partial charge on any atom is -0.377 e. The first-order chi connectivity index (χ1) is 6.68. The molecule has 1 aromatic heterocycles.